The van der Waals surface area contributed by atoms with Crippen LogP contribution in [0, 0.1) is 0 Å². The van der Waals surface area contributed by atoms with Crippen molar-refractivity contribution in [3.63, 3.8) is 0 Å². The third-order valence-corrected chi connectivity index (χ3v) is 2.92. The van der Waals surface area contributed by atoms with E-state index in [1.54, 1.807) is 10.9 Å². The summed E-state index contributed by atoms with van der Waals surface area (Å²) in [5.41, 5.74) is 0.211. The molecule has 0 aliphatic carbocycles. The fourth-order valence-electron chi connectivity index (χ4n) is 1.74. The number of halogens is 4. The summed E-state index contributed by atoms with van der Waals surface area (Å²) in [5, 5.41) is 7.08. The van der Waals surface area contributed by atoms with E-state index in [1.165, 1.54) is 30.5 Å². The largest absolute Gasteiger partial charge is 0.484 e. The third-order valence-electron chi connectivity index (χ3n) is 2.73. The monoisotopic (exact) mass is 347 g/mol. The number of hydrogen-bond donors (Lipinski definition) is 1. The van der Waals surface area contributed by atoms with Crippen molar-refractivity contribution >= 4 is 17.5 Å². The molecule has 0 radical (unpaired) electrons. The number of rotatable bonds is 6. The molecular formula is C14H13ClF3N3O2. The molecule has 0 fully saturated rings. The van der Waals surface area contributed by atoms with E-state index in [1.807, 2.05) is 0 Å². The highest BCUT2D eigenvalue weighted by molar-refractivity contribution is 6.30. The minimum Gasteiger partial charge on any atom is -0.484 e. The fraction of sp³-hybridized carbons (Fsp3) is 0.286. The molecule has 0 atom stereocenters. The summed E-state index contributed by atoms with van der Waals surface area (Å²) in [6.45, 7) is -0.689. The standard InChI is InChI=1S/C14H13ClF3N3O2/c15-11-7-20-21(8-11)5-4-19-13(22)10-2-1-3-12(6-10)23-9-14(16,17)18/h1-3,6-8H,4-5,9H2,(H,19,22). The van der Waals surface area contributed by atoms with Crippen LogP contribution in [0.2, 0.25) is 5.02 Å². The van der Waals surface area contributed by atoms with Gasteiger partial charge in [0, 0.05) is 18.3 Å². The van der Waals surface area contributed by atoms with Crippen molar-refractivity contribution in [3.8, 4) is 5.75 Å². The molecule has 0 unspecified atom stereocenters. The van der Waals surface area contributed by atoms with Crippen LogP contribution in [-0.2, 0) is 6.54 Å². The van der Waals surface area contributed by atoms with E-state index in [0.29, 0.717) is 18.1 Å². The highest BCUT2D eigenvalue weighted by Gasteiger charge is 2.28. The first-order valence-corrected chi connectivity index (χ1v) is 6.97. The van der Waals surface area contributed by atoms with Gasteiger partial charge in [0.1, 0.15) is 5.75 Å². The molecule has 0 saturated heterocycles. The van der Waals surface area contributed by atoms with E-state index in [0.717, 1.165) is 0 Å². The molecule has 0 bridgehead atoms. The van der Waals surface area contributed by atoms with Crippen molar-refractivity contribution in [1.82, 2.24) is 15.1 Å². The molecule has 2 aromatic rings. The first-order valence-electron chi connectivity index (χ1n) is 6.59. The molecule has 1 amide bonds. The zero-order valence-corrected chi connectivity index (χ0v) is 12.6. The molecule has 0 spiro atoms. The van der Waals surface area contributed by atoms with Crippen LogP contribution in [0.1, 0.15) is 10.4 Å². The van der Waals surface area contributed by atoms with E-state index in [-0.39, 0.29) is 11.3 Å². The lowest BCUT2D eigenvalue weighted by Gasteiger charge is -2.10. The van der Waals surface area contributed by atoms with E-state index >= 15 is 0 Å². The van der Waals surface area contributed by atoms with E-state index < -0.39 is 18.7 Å². The van der Waals surface area contributed by atoms with Crippen LogP contribution >= 0.6 is 11.6 Å². The molecule has 23 heavy (non-hydrogen) atoms. The van der Waals surface area contributed by atoms with Crippen molar-refractivity contribution in [2.75, 3.05) is 13.2 Å². The predicted octanol–water partition coefficient (Wildman–Crippen LogP) is 2.91. The maximum Gasteiger partial charge on any atom is 0.422 e. The zero-order valence-electron chi connectivity index (χ0n) is 11.8. The predicted molar refractivity (Wildman–Crippen MR) is 77.6 cm³/mol. The Kier molecular flexibility index (Phi) is 5.49. The molecule has 5 nitrogen and oxygen atoms in total. The van der Waals surface area contributed by atoms with Gasteiger partial charge < -0.3 is 10.1 Å². The van der Waals surface area contributed by atoms with Crippen LogP contribution in [0.25, 0.3) is 0 Å². The van der Waals surface area contributed by atoms with Crippen LogP contribution in [0.15, 0.2) is 36.7 Å². The summed E-state index contributed by atoms with van der Waals surface area (Å²) in [7, 11) is 0. The van der Waals surface area contributed by atoms with Gasteiger partial charge in [-0.1, -0.05) is 17.7 Å². The molecular weight excluding hydrogens is 335 g/mol. The van der Waals surface area contributed by atoms with Crippen molar-refractivity contribution in [3.05, 3.63) is 47.2 Å². The Morgan fingerprint density at radius 3 is 2.83 bits per heavy atom. The van der Waals surface area contributed by atoms with Crippen molar-refractivity contribution < 1.29 is 22.7 Å². The van der Waals surface area contributed by atoms with Crippen LogP contribution in [0.5, 0.6) is 5.75 Å². The summed E-state index contributed by atoms with van der Waals surface area (Å²) < 4.78 is 42.5. The number of hydrogen-bond acceptors (Lipinski definition) is 3. The second kappa shape index (κ2) is 7.36. The summed E-state index contributed by atoms with van der Waals surface area (Å²) in [6.07, 6.45) is -1.34. The second-order valence-corrected chi connectivity index (χ2v) is 5.05. The van der Waals surface area contributed by atoms with Gasteiger partial charge >= 0.3 is 6.18 Å². The Bertz CT molecular complexity index is 673. The number of amides is 1. The Labute approximate surface area is 135 Å². The first-order chi connectivity index (χ1) is 10.8. The Morgan fingerprint density at radius 2 is 2.17 bits per heavy atom. The molecule has 0 aliphatic heterocycles. The lowest BCUT2D eigenvalue weighted by atomic mass is 10.2. The third kappa shape index (κ3) is 5.82. The summed E-state index contributed by atoms with van der Waals surface area (Å²) in [4.78, 5) is 11.9. The minimum atomic E-state index is -4.43. The Hall–Kier alpha value is -2.22. The van der Waals surface area contributed by atoms with Gasteiger partial charge in [0.05, 0.1) is 17.8 Å². The van der Waals surface area contributed by atoms with Gasteiger partial charge in [0.2, 0.25) is 0 Å². The molecule has 2 rings (SSSR count). The minimum absolute atomic E-state index is 0.0196. The number of nitrogens with zero attached hydrogens (tertiary/aromatic N) is 2. The zero-order chi connectivity index (χ0) is 16.9. The van der Waals surface area contributed by atoms with Crippen LogP contribution in [0.4, 0.5) is 13.2 Å². The van der Waals surface area contributed by atoms with Gasteiger partial charge in [-0.25, -0.2) is 0 Å². The molecule has 1 aromatic heterocycles. The number of nitrogens with one attached hydrogen (secondary N) is 1. The van der Waals surface area contributed by atoms with Gasteiger partial charge in [0.25, 0.3) is 5.91 Å². The molecule has 0 saturated carbocycles. The summed E-state index contributed by atoms with van der Waals surface area (Å²) >= 11 is 5.71. The Morgan fingerprint density at radius 1 is 1.39 bits per heavy atom. The molecule has 1 N–H and O–H groups in total. The highest BCUT2D eigenvalue weighted by atomic mass is 35.5. The maximum absolute atomic E-state index is 12.1. The van der Waals surface area contributed by atoms with Crippen LogP contribution in [-0.4, -0.2) is 35.0 Å². The molecule has 124 valence electrons. The van der Waals surface area contributed by atoms with Crippen LogP contribution in [0.3, 0.4) is 0 Å². The topological polar surface area (TPSA) is 56.2 Å². The normalized spacial score (nSPS) is 11.3. The van der Waals surface area contributed by atoms with E-state index in [4.69, 9.17) is 11.6 Å². The van der Waals surface area contributed by atoms with Crippen LogP contribution < -0.4 is 10.1 Å². The smallest absolute Gasteiger partial charge is 0.422 e. The molecule has 9 heteroatoms. The quantitative estimate of drug-likeness (QED) is 0.874. The van der Waals surface area contributed by atoms with Crippen molar-refractivity contribution in [1.29, 1.82) is 0 Å². The van der Waals surface area contributed by atoms with Crippen molar-refractivity contribution in [2.45, 2.75) is 12.7 Å². The number of carbonyl (C=O) groups is 1. The van der Waals surface area contributed by atoms with Gasteiger partial charge in [-0.15, -0.1) is 0 Å². The molecule has 0 aliphatic rings. The van der Waals surface area contributed by atoms with Gasteiger partial charge in [0.15, 0.2) is 6.61 Å². The average molecular weight is 348 g/mol. The number of aromatic nitrogens is 2. The highest BCUT2D eigenvalue weighted by Crippen LogP contribution is 2.19. The first kappa shape index (κ1) is 17.1. The van der Waals surface area contributed by atoms with Crippen molar-refractivity contribution in [2.24, 2.45) is 0 Å². The Balaban J connectivity index is 1.86. The SMILES string of the molecule is O=C(NCCn1cc(Cl)cn1)c1cccc(OCC(F)(F)F)c1. The molecule has 1 aromatic carbocycles. The lowest BCUT2D eigenvalue weighted by Crippen LogP contribution is -2.27. The summed E-state index contributed by atoms with van der Waals surface area (Å²) in [5.74, 6) is -0.436. The average Bonchev–Trinajstić information content (AvgIpc) is 2.90. The van der Waals surface area contributed by atoms with E-state index in [2.05, 4.69) is 15.2 Å². The van der Waals surface area contributed by atoms with E-state index in [9.17, 15) is 18.0 Å². The summed E-state index contributed by atoms with van der Waals surface area (Å²) in [6, 6.07) is 5.55. The maximum atomic E-state index is 12.1. The van der Waals surface area contributed by atoms with Gasteiger partial charge in [-0.05, 0) is 18.2 Å². The number of ether oxygens (including phenoxy) is 1. The fourth-order valence-corrected chi connectivity index (χ4v) is 1.90. The van der Waals surface area contributed by atoms with Gasteiger partial charge in [-0.3, -0.25) is 9.48 Å². The van der Waals surface area contributed by atoms with Gasteiger partial charge in [-0.2, -0.15) is 18.3 Å². The number of alkyl halides is 3. The number of carbonyl (C=O) groups excluding carboxylic acids is 1. The second-order valence-electron chi connectivity index (χ2n) is 4.61. The lowest BCUT2D eigenvalue weighted by molar-refractivity contribution is -0.153. The number of benzene rings is 1. The molecule has 1 heterocycles.